The molecule has 0 fully saturated rings. The van der Waals surface area contributed by atoms with E-state index >= 15 is 0 Å². The Kier molecular flexibility index (Phi) is 5.80. The zero-order valence-electron chi connectivity index (χ0n) is 13.7. The van der Waals surface area contributed by atoms with Gasteiger partial charge in [-0.1, -0.05) is 38.1 Å². The molecule has 1 heterocycles. The van der Waals surface area contributed by atoms with Crippen LogP contribution in [0.15, 0.2) is 24.3 Å². The lowest BCUT2D eigenvalue weighted by Crippen LogP contribution is -2.49. The van der Waals surface area contributed by atoms with Crippen molar-refractivity contribution in [1.29, 1.82) is 0 Å². The van der Waals surface area contributed by atoms with Crippen molar-refractivity contribution in [2.75, 3.05) is 19.7 Å². The van der Waals surface area contributed by atoms with E-state index in [0.717, 1.165) is 38.9 Å². The van der Waals surface area contributed by atoms with Gasteiger partial charge in [0.2, 0.25) is 0 Å². The van der Waals surface area contributed by atoms with Crippen LogP contribution in [0.2, 0.25) is 0 Å². The molecule has 3 heteroatoms. The summed E-state index contributed by atoms with van der Waals surface area (Å²) in [6, 6.07) is 9.18. The smallest absolute Gasteiger partial charge is 0.0610 e. The first kappa shape index (κ1) is 16.5. The monoisotopic (exact) mass is 290 g/mol. The SMILES string of the molecule is CC(C)NC(C)(CO)CCCN1CCc2ccccc2C1. The van der Waals surface area contributed by atoms with Gasteiger partial charge in [-0.15, -0.1) is 0 Å². The summed E-state index contributed by atoms with van der Waals surface area (Å²) in [5.41, 5.74) is 2.84. The minimum Gasteiger partial charge on any atom is -0.394 e. The maximum absolute atomic E-state index is 9.63. The molecule has 1 aromatic carbocycles. The summed E-state index contributed by atoms with van der Waals surface area (Å²) in [4.78, 5) is 2.54. The van der Waals surface area contributed by atoms with Gasteiger partial charge in [0, 0.05) is 24.7 Å². The van der Waals surface area contributed by atoms with Crippen molar-refractivity contribution in [3.8, 4) is 0 Å². The van der Waals surface area contributed by atoms with E-state index in [0.29, 0.717) is 6.04 Å². The fourth-order valence-electron chi connectivity index (χ4n) is 3.33. The molecular formula is C18H30N2O. The van der Waals surface area contributed by atoms with Crippen LogP contribution in [0, 0.1) is 0 Å². The Labute approximate surface area is 129 Å². The van der Waals surface area contributed by atoms with Gasteiger partial charge in [-0.2, -0.15) is 0 Å². The highest BCUT2D eigenvalue weighted by atomic mass is 16.3. The summed E-state index contributed by atoms with van der Waals surface area (Å²) < 4.78 is 0. The van der Waals surface area contributed by atoms with E-state index in [2.05, 4.69) is 55.3 Å². The Morgan fingerprint density at radius 3 is 2.67 bits per heavy atom. The lowest BCUT2D eigenvalue weighted by atomic mass is 9.95. The number of benzene rings is 1. The third-order valence-corrected chi connectivity index (χ3v) is 4.40. The van der Waals surface area contributed by atoms with E-state index in [9.17, 15) is 5.11 Å². The van der Waals surface area contributed by atoms with Crippen LogP contribution in [0.5, 0.6) is 0 Å². The van der Waals surface area contributed by atoms with Crippen molar-refractivity contribution in [2.45, 2.75) is 58.2 Å². The zero-order chi connectivity index (χ0) is 15.3. The summed E-state index contributed by atoms with van der Waals surface area (Å²) >= 11 is 0. The summed E-state index contributed by atoms with van der Waals surface area (Å²) in [5, 5.41) is 13.1. The van der Waals surface area contributed by atoms with E-state index in [1.165, 1.54) is 11.1 Å². The second-order valence-electron chi connectivity index (χ2n) is 6.92. The number of fused-ring (bicyclic) bond motifs is 1. The minimum absolute atomic E-state index is 0.151. The molecule has 118 valence electrons. The number of nitrogens with zero attached hydrogens (tertiary/aromatic N) is 1. The highest BCUT2D eigenvalue weighted by molar-refractivity contribution is 5.28. The Bertz CT molecular complexity index is 447. The fourth-order valence-corrected chi connectivity index (χ4v) is 3.33. The molecule has 1 atom stereocenters. The highest BCUT2D eigenvalue weighted by Gasteiger charge is 2.24. The van der Waals surface area contributed by atoms with Gasteiger partial charge in [-0.05, 0) is 43.9 Å². The molecule has 2 N–H and O–H groups in total. The summed E-state index contributed by atoms with van der Waals surface area (Å²) in [6.45, 7) is 9.94. The standard InChI is InChI=1S/C18H30N2O/c1-15(2)19-18(3,14-21)10-6-11-20-12-9-16-7-4-5-8-17(16)13-20/h4-5,7-8,15,19,21H,6,9-14H2,1-3H3. The number of hydrogen-bond donors (Lipinski definition) is 2. The summed E-state index contributed by atoms with van der Waals surface area (Å²) in [7, 11) is 0. The quantitative estimate of drug-likeness (QED) is 0.810. The first-order valence-electron chi connectivity index (χ1n) is 8.20. The molecule has 1 aliphatic rings. The molecule has 0 saturated heterocycles. The molecule has 21 heavy (non-hydrogen) atoms. The topological polar surface area (TPSA) is 35.5 Å². The van der Waals surface area contributed by atoms with Crippen molar-refractivity contribution < 1.29 is 5.11 Å². The normalized spacial score (nSPS) is 18.5. The van der Waals surface area contributed by atoms with Crippen molar-refractivity contribution >= 4 is 0 Å². The predicted octanol–water partition coefficient (Wildman–Crippen LogP) is 2.57. The van der Waals surface area contributed by atoms with Gasteiger partial charge < -0.3 is 10.4 Å². The van der Waals surface area contributed by atoms with Gasteiger partial charge >= 0.3 is 0 Å². The van der Waals surface area contributed by atoms with Gasteiger partial charge in [-0.25, -0.2) is 0 Å². The largest absolute Gasteiger partial charge is 0.394 e. The summed E-state index contributed by atoms with van der Waals surface area (Å²) in [5.74, 6) is 0. The Morgan fingerprint density at radius 2 is 2.00 bits per heavy atom. The van der Waals surface area contributed by atoms with Gasteiger partial charge in [-0.3, -0.25) is 4.90 Å². The molecule has 0 radical (unpaired) electrons. The van der Waals surface area contributed by atoms with Crippen LogP contribution in [-0.4, -0.2) is 41.3 Å². The molecule has 0 aromatic heterocycles. The van der Waals surface area contributed by atoms with Crippen LogP contribution in [-0.2, 0) is 13.0 Å². The van der Waals surface area contributed by atoms with Crippen molar-refractivity contribution in [3.63, 3.8) is 0 Å². The third kappa shape index (κ3) is 4.80. The van der Waals surface area contributed by atoms with E-state index < -0.39 is 0 Å². The molecule has 0 amide bonds. The van der Waals surface area contributed by atoms with Gasteiger partial charge in [0.25, 0.3) is 0 Å². The van der Waals surface area contributed by atoms with E-state index in [1.807, 2.05) is 0 Å². The third-order valence-electron chi connectivity index (χ3n) is 4.40. The van der Waals surface area contributed by atoms with Crippen LogP contribution in [0.3, 0.4) is 0 Å². The fraction of sp³-hybridized carbons (Fsp3) is 0.667. The first-order valence-corrected chi connectivity index (χ1v) is 8.20. The number of nitrogens with one attached hydrogen (secondary N) is 1. The van der Waals surface area contributed by atoms with Crippen LogP contribution in [0.4, 0.5) is 0 Å². The van der Waals surface area contributed by atoms with Crippen LogP contribution in [0.25, 0.3) is 0 Å². The van der Waals surface area contributed by atoms with Crippen LogP contribution < -0.4 is 5.32 Å². The van der Waals surface area contributed by atoms with E-state index in [4.69, 9.17) is 0 Å². The molecule has 0 saturated carbocycles. The lowest BCUT2D eigenvalue weighted by molar-refractivity contribution is 0.146. The second-order valence-corrected chi connectivity index (χ2v) is 6.92. The maximum atomic E-state index is 9.63. The number of rotatable bonds is 7. The molecule has 1 aromatic rings. The van der Waals surface area contributed by atoms with Gasteiger partial charge in [0.15, 0.2) is 0 Å². The van der Waals surface area contributed by atoms with Crippen molar-refractivity contribution in [3.05, 3.63) is 35.4 Å². The number of hydrogen-bond acceptors (Lipinski definition) is 3. The van der Waals surface area contributed by atoms with Crippen molar-refractivity contribution in [1.82, 2.24) is 10.2 Å². The van der Waals surface area contributed by atoms with Gasteiger partial charge in [0.05, 0.1) is 6.61 Å². The maximum Gasteiger partial charge on any atom is 0.0610 e. The first-order chi connectivity index (χ1) is 10.0. The molecular weight excluding hydrogens is 260 g/mol. The zero-order valence-corrected chi connectivity index (χ0v) is 13.7. The summed E-state index contributed by atoms with van der Waals surface area (Å²) in [6.07, 6.45) is 3.30. The highest BCUT2D eigenvalue weighted by Crippen LogP contribution is 2.20. The second kappa shape index (κ2) is 7.39. The Morgan fingerprint density at radius 1 is 1.29 bits per heavy atom. The molecule has 1 unspecified atom stereocenters. The molecule has 0 aliphatic carbocycles. The average Bonchev–Trinajstić information content (AvgIpc) is 2.46. The van der Waals surface area contributed by atoms with Crippen LogP contribution in [0.1, 0.15) is 44.7 Å². The predicted molar refractivity (Wildman–Crippen MR) is 88.4 cm³/mol. The number of aliphatic hydroxyl groups is 1. The number of aliphatic hydroxyl groups excluding tert-OH is 1. The molecule has 0 spiro atoms. The van der Waals surface area contributed by atoms with E-state index in [-0.39, 0.29) is 12.1 Å². The molecule has 3 nitrogen and oxygen atoms in total. The minimum atomic E-state index is -0.151. The lowest BCUT2D eigenvalue weighted by Gasteiger charge is -2.33. The van der Waals surface area contributed by atoms with Crippen molar-refractivity contribution in [2.24, 2.45) is 0 Å². The molecule has 2 rings (SSSR count). The Hall–Kier alpha value is -0.900. The average molecular weight is 290 g/mol. The molecule has 0 bridgehead atoms. The van der Waals surface area contributed by atoms with Gasteiger partial charge in [0.1, 0.15) is 0 Å². The molecule has 1 aliphatic heterocycles. The van der Waals surface area contributed by atoms with Crippen LogP contribution >= 0.6 is 0 Å². The van der Waals surface area contributed by atoms with E-state index in [1.54, 1.807) is 0 Å². The Balaban J connectivity index is 1.79.